The van der Waals surface area contributed by atoms with E-state index >= 15 is 0 Å². The number of nitrogens with one attached hydrogen (secondary N) is 2. The van der Waals surface area contributed by atoms with Gasteiger partial charge in [-0.25, -0.2) is 9.37 Å². The monoisotopic (exact) mass is 403 g/mol. The van der Waals surface area contributed by atoms with E-state index in [1.54, 1.807) is 18.2 Å². The van der Waals surface area contributed by atoms with Gasteiger partial charge < -0.3 is 15.1 Å². The molecule has 0 saturated heterocycles. The van der Waals surface area contributed by atoms with Crippen LogP contribution in [0.1, 0.15) is 42.4 Å². The molecular formula is C20H19ClFN3O3. The Hall–Kier alpha value is -2.93. The second-order valence-corrected chi connectivity index (χ2v) is 6.97. The fourth-order valence-electron chi connectivity index (χ4n) is 2.55. The highest BCUT2D eigenvalue weighted by Gasteiger charge is 2.13. The number of oxazole rings is 1. The molecule has 0 radical (unpaired) electrons. The molecule has 1 heterocycles. The maximum absolute atomic E-state index is 13.0. The molecule has 8 heteroatoms. The second-order valence-electron chi connectivity index (χ2n) is 6.57. The van der Waals surface area contributed by atoms with Crippen LogP contribution in [0.2, 0.25) is 5.02 Å². The van der Waals surface area contributed by atoms with Gasteiger partial charge in [0.2, 0.25) is 5.91 Å². The predicted molar refractivity (Wildman–Crippen MR) is 105 cm³/mol. The Morgan fingerprint density at radius 1 is 1.21 bits per heavy atom. The summed E-state index contributed by atoms with van der Waals surface area (Å²) in [4.78, 5) is 28.6. The van der Waals surface area contributed by atoms with E-state index in [2.05, 4.69) is 15.6 Å². The molecule has 3 rings (SSSR count). The number of amides is 2. The van der Waals surface area contributed by atoms with Gasteiger partial charge in [0.05, 0.1) is 10.6 Å². The number of nitrogens with zero attached hydrogens (tertiary/aromatic N) is 1. The highest BCUT2D eigenvalue weighted by Crippen LogP contribution is 2.23. The minimum atomic E-state index is -0.523. The van der Waals surface area contributed by atoms with Crippen LogP contribution in [0, 0.1) is 5.82 Å². The molecule has 1 aromatic heterocycles. The molecule has 0 saturated carbocycles. The summed E-state index contributed by atoms with van der Waals surface area (Å²) < 4.78 is 18.7. The van der Waals surface area contributed by atoms with Crippen molar-refractivity contribution in [3.63, 3.8) is 0 Å². The molecule has 2 amide bonds. The van der Waals surface area contributed by atoms with Crippen LogP contribution in [0.3, 0.4) is 0 Å². The van der Waals surface area contributed by atoms with Crippen molar-refractivity contribution in [3.05, 3.63) is 58.7 Å². The maximum Gasteiger partial charge on any atom is 0.252 e. The Morgan fingerprint density at radius 3 is 2.71 bits per heavy atom. The number of carbonyl (C=O) groups is 2. The minimum Gasteiger partial charge on any atom is -0.440 e. The number of anilines is 1. The summed E-state index contributed by atoms with van der Waals surface area (Å²) in [6.07, 6.45) is 0.0681. The van der Waals surface area contributed by atoms with E-state index in [4.69, 9.17) is 16.0 Å². The Labute approximate surface area is 166 Å². The maximum atomic E-state index is 13.0. The van der Waals surface area contributed by atoms with Gasteiger partial charge >= 0.3 is 0 Å². The van der Waals surface area contributed by atoms with Crippen molar-refractivity contribution in [2.75, 3.05) is 11.9 Å². The van der Waals surface area contributed by atoms with Crippen molar-refractivity contribution >= 4 is 40.2 Å². The normalized spacial score (nSPS) is 11.0. The van der Waals surface area contributed by atoms with Gasteiger partial charge in [0, 0.05) is 24.6 Å². The summed E-state index contributed by atoms with van der Waals surface area (Å²) in [6.45, 7) is 4.09. The van der Waals surface area contributed by atoms with Gasteiger partial charge in [0.25, 0.3) is 5.91 Å². The molecule has 28 heavy (non-hydrogen) atoms. The fourth-order valence-corrected chi connectivity index (χ4v) is 2.80. The van der Waals surface area contributed by atoms with E-state index in [0.29, 0.717) is 22.7 Å². The summed E-state index contributed by atoms with van der Waals surface area (Å²) in [5.41, 5.74) is 2.07. The molecule has 2 N–H and O–H groups in total. The number of fused-ring (bicyclic) bond motifs is 1. The van der Waals surface area contributed by atoms with E-state index < -0.39 is 11.7 Å². The smallest absolute Gasteiger partial charge is 0.252 e. The van der Waals surface area contributed by atoms with Crippen LogP contribution >= 0.6 is 11.6 Å². The third-order valence-electron chi connectivity index (χ3n) is 4.00. The molecule has 0 aliphatic rings. The number of halogens is 2. The van der Waals surface area contributed by atoms with Crippen molar-refractivity contribution in [1.29, 1.82) is 0 Å². The molecule has 0 aliphatic carbocycles. The first kappa shape index (κ1) is 19.8. The molecular weight excluding hydrogens is 385 g/mol. The summed E-state index contributed by atoms with van der Waals surface area (Å²) >= 11 is 5.85. The topological polar surface area (TPSA) is 84.2 Å². The third-order valence-corrected chi connectivity index (χ3v) is 4.31. The molecule has 0 fully saturated rings. The van der Waals surface area contributed by atoms with Gasteiger partial charge in [-0.05, 0) is 36.4 Å². The van der Waals surface area contributed by atoms with Crippen LogP contribution in [0.15, 0.2) is 40.8 Å². The van der Waals surface area contributed by atoms with E-state index in [9.17, 15) is 14.0 Å². The van der Waals surface area contributed by atoms with Crippen LogP contribution in [-0.4, -0.2) is 23.3 Å². The number of carbonyl (C=O) groups excluding carboxylic acids is 2. The first-order valence-electron chi connectivity index (χ1n) is 8.77. The molecule has 6 nitrogen and oxygen atoms in total. The standard InChI is InChI=1S/C20H19ClFN3O3/c1-11(2)20-25-16-10-13(4-6-17(16)28-20)24-18(26)7-8-23-19(27)14-5-3-12(22)9-15(14)21/h3-6,9-11H,7-8H2,1-2H3,(H,23,27)(H,24,26). The van der Waals surface area contributed by atoms with Gasteiger partial charge in [0.15, 0.2) is 11.5 Å². The molecule has 0 atom stereocenters. The van der Waals surface area contributed by atoms with Crippen molar-refractivity contribution in [1.82, 2.24) is 10.3 Å². The first-order valence-corrected chi connectivity index (χ1v) is 9.15. The molecule has 146 valence electrons. The Balaban J connectivity index is 1.54. The number of benzene rings is 2. The van der Waals surface area contributed by atoms with E-state index in [0.717, 1.165) is 12.1 Å². The van der Waals surface area contributed by atoms with Crippen molar-refractivity contribution in [3.8, 4) is 0 Å². The SMILES string of the molecule is CC(C)c1nc2cc(NC(=O)CCNC(=O)c3ccc(F)cc3Cl)ccc2o1. The summed E-state index contributed by atoms with van der Waals surface area (Å²) in [6, 6.07) is 8.73. The van der Waals surface area contributed by atoms with Gasteiger partial charge in [0.1, 0.15) is 11.3 Å². The zero-order valence-electron chi connectivity index (χ0n) is 15.4. The van der Waals surface area contributed by atoms with Crippen LogP contribution < -0.4 is 10.6 Å². The van der Waals surface area contributed by atoms with Gasteiger partial charge in [-0.15, -0.1) is 0 Å². The average Bonchev–Trinajstić information content (AvgIpc) is 3.05. The first-order chi connectivity index (χ1) is 13.3. The average molecular weight is 404 g/mol. The lowest BCUT2D eigenvalue weighted by Crippen LogP contribution is -2.27. The van der Waals surface area contributed by atoms with E-state index in [1.165, 1.54) is 6.07 Å². The lowest BCUT2D eigenvalue weighted by molar-refractivity contribution is -0.116. The molecule has 0 aliphatic heterocycles. The molecule has 2 aromatic carbocycles. The lowest BCUT2D eigenvalue weighted by Gasteiger charge is -2.08. The summed E-state index contributed by atoms with van der Waals surface area (Å²) in [5, 5.41) is 5.36. The quantitative estimate of drug-likeness (QED) is 0.634. The van der Waals surface area contributed by atoms with Crippen LogP contribution in [-0.2, 0) is 4.79 Å². The van der Waals surface area contributed by atoms with Crippen molar-refractivity contribution < 1.29 is 18.4 Å². The third kappa shape index (κ3) is 4.67. The predicted octanol–water partition coefficient (Wildman–Crippen LogP) is 4.50. The Kier molecular flexibility index (Phi) is 5.94. The zero-order chi connectivity index (χ0) is 20.3. The van der Waals surface area contributed by atoms with Crippen molar-refractivity contribution in [2.45, 2.75) is 26.2 Å². The van der Waals surface area contributed by atoms with Gasteiger partial charge in [-0.3, -0.25) is 9.59 Å². The Bertz CT molecular complexity index is 1030. The largest absolute Gasteiger partial charge is 0.440 e. The molecule has 0 unspecified atom stereocenters. The highest BCUT2D eigenvalue weighted by atomic mass is 35.5. The van der Waals surface area contributed by atoms with Crippen LogP contribution in [0.5, 0.6) is 0 Å². The number of hydrogen-bond donors (Lipinski definition) is 2. The molecule has 3 aromatic rings. The summed E-state index contributed by atoms with van der Waals surface area (Å²) in [7, 11) is 0. The fraction of sp³-hybridized carbons (Fsp3) is 0.250. The number of hydrogen-bond acceptors (Lipinski definition) is 4. The summed E-state index contributed by atoms with van der Waals surface area (Å²) in [5.74, 6) is -0.449. The number of rotatable bonds is 6. The van der Waals surface area contributed by atoms with Crippen LogP contribution in [0.4, 0.5) is 10.1 Å². The number of aromatic nitrogens is 1. The molecule has 0 spiro atoms. The van der Waals surface area contributed by atoms with Gasteiger partial charge in [-0.2, -0.15) is 0 Å². The second kappa shape index (κ2) is 8.39. The Morgan fingerprint density at radius 2 is 2.00 bits per heavy atom. The lowest BCUT2D eigenvalue weighted by atomic mass is 10.2. The van der Waals surface area contributed by atoms with Gasteiger partial charge in [-0.1, -0.05) is 25.4 Å². The van der Waals surface area contributed by atoms with Crippen LogP contribution in [0.25, 0.3) is 11.1 Å². The van der Waals surface area contributed by atoms with E-state index in [1.807, 2.05) is 13.8 Å². The minimum absolute atomic E-state index is 0.0173. The zero-order valence-corrected chi connectivity index (χ0v) is 16.1. The molecule has 0 bridgehead atoms. The highest BCUT2D eigenvalue weighted by molar-refractivity contribution is 6.33. The van der Waals surface area contributed by atoms with Crippen molar-refractivity contribution in [2.24, 2.45) is 0 Å². The van der Waals surface area contributed by atoms with E-state index in [-0.39, 0.29) is 35.4 Å².